The number of rotatable bonds is 5. The summed E-state index contributed by atoms with van der Waals surface area (Å²) in [6, 6.07) is 5.79. The Morgan fingerprint density at radius 3 is 2.47 bits per heavy atom. The van der Waals surface area contributed by atoms with E-state index in [0.717, 1.165) is 5.56 Å². The SMILES string of the molecule is COc1cc(C2CC(=O)Nc3n[nH]cc32)ccc1OCc1cc(C(F)(F)F)ccc1C(F)(F)F. The van der Waals surface area contributed by atoms with Crippen molar-refractivity contribution in [1.29, 1.82) is 0 Å². The molecule has 2 heterocycles. The number of benzene rings is 2. The lowest BCUT2D eigenvalue weighted by Crippen LogP contribution is -2.23. The minimum atomic E-state index is -4.86. The average molecular weight is 485 g/mol. The number of carbonyl (C=O) groups excluding carboxylic acids is 1. The third-order valence-electron chi connectivity index (χ3n) is 5.40. The summed E-state index contributed by atoms with van der Waals surface area (Å²) in [5.74, 6) is -0.0258. The lowest BCUT2D eigenvalue weighted by Gasteiger charge is -2.23. The molecule has 180 valence electrons. The van der Waals surface area contributed by atoms with Gasteiger partial charge >= 0.3 is 12.4 Å². The number of ether oxygens (including phenoxy) is 2. The summed E-state index contributed by atoms with van der Waals surface area (Å²) < 4.78 is 89.8. The van der Waals surface area contributed by atoms with Gasteiger partial charge in [-0.3, -0.25) is 9.89 Å². The van der Waals surface area contributed by atoms with E-state index in [2.05, 4.69) is 15.5 Å². The van der Waals surface area contributed by atoms with Crippen LogP contribution in [0.4, 0.5) is 32.2 Å². The van der Waals surface area contributed by atoms with Crippen molar-refractivity contribution < 1.29 is 40.6 Å². The molecule has 0 saturated heterocycles. The third-order valence-corrected chi connectivity index (χ3v) is 5.40. The zero-order valence-electron chi connectivity index (χ0n) is 17.5. The predicted octanol–water partition coefficient (Wildman–Crippen LogP) is 5.51. The number of alkyl halides is 6. The van der Waals surface area contributed by atoms with Gasteiger partial charge in [-0.1, -0.05) is 6.07 Å². The molecule has 34 heavy (non-hydrogen) atoms. The summed E-state index contributed by atoms with van der Waals surface area (Å²) in [6.07, 6.45) is -7.89. The number of nitrogens with one attached hydrogen (secondary N) is 2. The zero-order valence-corrected chi connectivity index (χ0v) is 17.5. The van der Waals surface area contributed by atoms with Crippen molar-refractivity contribution in [3.63, 3.8) is 0 Å². The molecule has 2 N–H and O–H groups in total. The highest BCUT2D eigenvalue weighted by atomic mass is 19.4. The molecule has 12 heteroatoms. The van der Waals surface area contributed by atoms with Crippen LogP contribution in [0.5, 0.6) is 11.5 Å². The number of amides is 1. The quantitative estimate of drug-likeness (QED) is 0.468. The molecule has 1 amide bonds. The Morgan fingerprint density at radius 1 is 1.03 bits per heavy atom. The topological polar surface area (TPSA) is 76.2 Å². The maximum absolute atomic E-state index is 13.3. The molecular weight excluding hydrogens is 468 g/mol. The van der Waals surface area contributed by atoms with Crippen LogP contribution in [0.1, 0.15) is 40.2 Å². The van der Waals surface area contributed by atoms with Gasteiger partial charge in [-0.15, -0.1) is 0 Å². The monoisotopic (exact) mass is 485 g/mol. The minimum Gasteiger partial charge on any atom is -0.493 e. The van der Waals surface area contributed by atoms with Crippen LogP contribution in [0, 0.1) is 0 Å². The first-order valence-corrected chi connectivity index (χ1v) is 9.89. The Hall–Kier alpha value is -3.70. The van der Waals surface area contributed by atoms with Gasteiger partial charge in [0.05, 0.1) is 18.2 Å². The van der Waals surface area contributed by atoms with E-state index in [0.29, 0.717) is 29.6 Å². The van der Waals surface area contributed by atoms with Crippen LogP contribution in [-0.4, -0.2) is 23.2 Å². The average Bonchev–Trinajstić information content (AvgIpc) is 3.24. The largest absolute Gasteiger partial charge is 0.493 e. The fraction of sp³-hybridized carbons (Fsp3) is 0.273. The van der Waals surface area contributed by atoms with Gasteiger partial charge in [0.25, 0.3) is 0 Å². The number of methoxy groups -OCH3 is 1. The van der Waals surface area contributed by atoms with Crippen molar-refractivity contribution >= 4 is 11.7 Å². The van der Waals surface area contributed by atoms with Crippen LogP contribution in [0.15, 0.2) is 42.6 Å². The van der Waals surface area contributed by atoms with E-state index < -0.39 is 35.6 Å². The van der Waals surface area contributed by atoms with Crippen LogP contribution >= 0.6 is 0 Å². The van der Waals surface area contributed by atoms with E-state index in [-0.39, 0.29) is 29.7 Å². The van der Waals surface area contributed by atoms with Gasteiger partial charge < -0.3 is 14.8 Å². The highest BCUT2D eigenvalue weighted by molar-refractivity contribution is 5.94. The smallest absolute Gasteiger partial charge is 0.416 e. The lowest BCUT2D eigenvalue weighted by molar-refractivity contribution is -0.142. The van der Waals surface area contributed by atoms with Crippen LogP contribution in [0.25, 0.3) is 0 Å². The second-order valence-corrected chi connectivity index (χ2v) is 7.56. The summed E-state index contributed by atoms with van der Waals surface area (Å²) in [7, 11) is 1.31. The summed E-state index contributed by atoms with van der Waals surface area (Å²) in [4.78, 5) is 12.0. The second kappa shape index (κ2) is 8.58. The number of aromatic nitrogens is 2. The molecule has 1 unspecified atom stereocenters. The van der Waals surface area contributed by atoms with Gasteiger partial charge in [0.1, 0.15) is 6.61 Å². The molecule has 1 aliphatic heterocycles. The highest BCUT2D eigenvalue weighted by Gasteiger charge is 2.37. The predicted molar refractivity (Wildman–Crippen MR) is 107 cm³/mol. The van der Waals surface area contributed by atoms with Crippen LogP contribution in [0.2, 0.25) is 0 Å². The number of fused-ring (bicyclic) bond motifs is 1. The molecule has 1 aliphatic rings. The maximum Gasteiger partial charge on any atom is 0.416 e. The fourth-order valence-corrected chi connectivity index (χ4v) is 3.78. The molecule has 0 saturated carbocycles. The molecule has 0 bridgehead atoms. The second-order valence-electron chi connectivity index (χ2n) is 7.56. The van der Waals surface area contributed by atoms with E-state index in [1.807, 2.05) is 0 Å². The number of anilines is 1. The molecule has 1 aromatic heterocycles. The Labute approximate surface area is 188 Å². The summed E-state index contributed by atoms with van der Waals surface area (Å²) >= 11 is 0. The molecule has 0 spiro atoms. The molecule has 0 fully saturated rings. The van der Waals surface area contributed by atoms with Gasteiger partial charge in [0.15, 0.2) is 17.3 Å². The van der Waals surface area contributed by atoms with Gasteiger partial charge in [0, 0.05) is 29.7 Å². The van der Waals surface area contributed by atoms with Gasteiger partial charge in [-0.2, -0.15) is 31.4 Å². The molecular formula is C22H17F6N3O3. The van der Waals surface area contributed by atoms with Gasteiger partial charge in [-0.05, 0) is 35.9 Å². The van der Waals surface area contributed by atoms with E-state index in [4.69, 9.17) is 9.47 Å². The minimum absolute atomic E-state index is 0.0319. The first-order chi connectivity index (χ1) is 16.0. The Balaban J connectivity index is 1.62. The van der Waals surface area contributed by atoms with Crippen molar-refractivity contribution in [2.75, 3.05) is 12.4 Å². The zero-order chi connectivity index (χ0) is 24.7. The molecule has 6 nitrogen and oxygen atoms in total. The summed E-state index contributed by atoms with van der Waals surface area (Å²) in [5, 5.41) is 9.29. The molecule has 4 rings (SSSR count). The number of H-pyrrole nitrogens is 1. The normalized spacial score (nSPS) is 16.1. The van der Waals surface area contributed by atoms with Crippen LogP contribution in [0.3, 0.4) is 0 Å². The van der Waals surface area contributed by atoms with Gasteiger partial charge in [0.2, 0.25) is 5.91 Å². The Bertz CT molecular complexity index is 1220. The van der Waals surface area contributed by atoms with Crippen molar-refractivity contribution in [2.24, 2.45) is 0 Å². The molecule has 0 radical (unpaired) electrons. The van der Waals surface area contributed by atoms with Crippen molar-refractivity contribution in [3.05, 3.63) is 70.4 Å². The lowest BCUT2D eigenvalue weighted by atomic mass is 9.87. The molecule has 2 aromatic carbocycles. The summed E-state index contributed by atoms with van der Waals surface area (Å²) in [6.45, 7) is -0.772. The van der Waals surface area contributed by atoms with E-state index in [9.17, 15) is 31.1 Å². The third kappa shape index (κ3) is 4.66. The van der Waals surface area contributed by atoms with E-state index in [1.165, 1.54) is 13.2 Å². The van der Waals surface area contributed by atoms with Crippen molar-refractivity contribution in [1.82, 2.24) is 10.2 Å². The van der Waals surface area contributed by atoms with Crippen LogP contribution in [-0.2, 0) is 23.8 Å². The standard InChI is InChI=1S/C22H17F6N3O3/c1-33-18-7-11(14-8-19(32)30-20-15(14)9-29-31-20)2-5-17(18)34-10-12-6-13(21(23,24)25)3-4-16(12)22(26,27)28/h2-7,9,14H,8,10H2,1H3,(H2,29,30,31,32). The number of nitrogens with zero attached hydrogens (tertiary/aromatic N) is 1. The molecule has 0 aliphatic carbocycles. The number of carbonyl (C=O) groups is 1. The van der Waals surface area contributed by atoms with E-state index >= 15 is 0 Å². The van der Waals surface area contributed by atoms with Crippen LogP contribution < -0.4 is 14.8 Å². The molecule has 3 aromatic rings. The highest BCUT2D eigenvalue weighted by Crippen LogP contribution is 2.40. The first kappa shape index (κ1) is 23.5. The number of halogens is 6. The fourth-order valence-electron chi connectivity index (χ4n) is 3.78. The Kier molecular flexibility index (Phi) is 5.92. The summed E-state index contributed by atoms with van der Waals surface area (Å²) in [5.41, 5.74) is -1.70. The van der Waals surface area contributed by atoms with Gasteiger partial charge in [-0.25, -0.2) is 0 Å². The number of hydrogen-bond acceptors (Lipinski definition) is 4. The molecule has 1 atom stereocenters. The Morgan fingerprint density at radius 2 is 1.79 bits per heavy atom. The number of aromatic amines is 1. The number of hydrogen-bond donors (Lipinski definition) is 2. The first-order valence-electron chi connectivity index (χ1n) is 9.89. The van der Waals surface area contributed by atoms with E-state index in [1.54, 1.807) is 18.3 Å². The maximum atomic E-state index is 13.3. The van der Waals surface area contributed by atoms with Crippen molar-refractivity contribution in [3.8, 4) is 11.5 Å². The van der Waals surface area contributed by atoms with Crippen molar-refractivity contribution in [2.45, 2.75) is 31.3 Å².